The number of carbonyl (C=O) groups is 4. The van der Waals surface area contributed by atoms with Gasteiger partial charge in [0.25, 0.3) is 0 Å². The van der Waals surface area contributed by atoms with Crippen LogP contribution >= 0.6 is 0 Å². The van der Waals surface area contributed by atoms with Gasteiger partial charge in [0.1, 0.15) is 0 Å². The van der Waals surface area contributed by atoms with Crippen LogP contribution in [0.3, 0.4) is 0 Å². The van der Waals surface area contributed by atoms with E-state index in [1.807, 2.05) is 0 Å². The van der Waals surface area contributed by atoms with Crippen molar-refractivity contribution in [2.75, 3.05) is 0 Å². The van der Waals surface area contributed by atoms with E-state index in [9.17, 15) is 0 Å². The maximum atomic E-state index is 8.70. The molecule has 0 heterocycles. The van der Waals surface area contributed by atoms with Crippen LogP contribution in [-0.4, -0.2) is 172 Å². The minimum Gasteiger partial charge on any atom is -0.764 e. The van der Waals surface area contributed by atoms with Crippen molar-refractivity contribution in [1.29, 1.82) is 0 Å². The van der Waals surface area contributed by atoms with Gasteiger partial charge < -0.3 is 90.1 Å². The molecule has 0 aromatic heterocycles. The summed E-state index contributed by atoms with van der Waals surface area (Å²) in [4.78, 5) is 34.8. The molecule has 0 radical (unpaired) electrons. The summed E-state index contributed by atoms with van der Waals surface area (Å²) in [6, 6.07) is 0. The van der Waals surface area contributed by atoms with Crippen LogP contribution in [0.1, 0.15) is 0 Å². The van der Waals surface area contributed by atoms with Crippen LogP contribution in [0.15, 0.2) is 0 Å². The number of carboxylic acid groups (broad SMARTS) is 4. The van der Waals surface area contributed by atoms with Crippen molar-refractivity contribution in [3.63, 3.8) is 0 Å². The molecular weight excluding hydrogens is 465 g/mol. The van der Waals surface area contributed by atoms with Crippen molar-refractivity contribution in [2.24, 2.45) is 0 Å². The maximum Gasteiger partial charge on any atom is 2.00 e. The Morgan fingerprint density at radius 2 is 0.450 bits per heavy atom. The largest absolute Gasteiger partial charge is 2.00 e. The van der Waals surface area contributed by atoms with E-state index < -0.39 is 21.2 Å². The first-order chi connectivity index (χ1) is 6.93. The molecule has 0 fully saturated rings. The fourth-order valence-corrected chi connectivity index (χ4v) is 0. The second-order valence-corrected chi connectivity index (χ2v) is 2.33. The third-order valence-electron chi connectivity index (χ3n) is 0. The fraction of sp³-hybridized carbons (Fsp3) is 0. The molecule has 16 heteroatoms. The van der Waals surface area contributed by atoms with Crippen molar-refractivity contribution in [3.8, 4) is 0 Å². The van der Waals surface area contributed by atoms with Gasteiger partial charge in [-0.15, -0.1) is 0 Å². The monoisotopic (exact) mass is 464 g/mol. The summed E-state index contributed by atoms with van der Waals surface area (Å²) in [5.74, 6) is 0. The van der Waals surface area contributed by atoms with Crippen LogP contribution < -0.4 is 20.4 Å². The summed E-state index contributed by atoms with van der Waals surface area (Å²) in [5, 5.41) is 28.8. The zero-order valence-electron chi connectivity index (χ0n) is 9.73. The topological polar surface area (TPSA) is 161 Å². The normalized spacial score (nSPS) is 4.80. The van der Waals surface area contributed by atoms with Crippen molar-refractivity contribution in [3.05, 3.63) is 0 Å². The van der Waals surface area contributed by atoms with Crippen molar-refractivity contribution in [1.82, 2.24) is 0 Å². The quantitative estimate of drug-likeness (QED) is 0.247. The summed E-state index contributed by atoms with van der Waals surface area (Å²) in [6.45, 7) is 0. The summed E-state index contributed by atoms with van der Waals surface area (Å²) >= 11 is 13.7. The first-order valence-electron chi connectivity index (χ1n) is 2.45. The average Bonchev–Trinajstić information content (AvgIpc) is 1.76. The first kappa shape index (κ1) is 49.6. The minimum atomic E-state index is -1.50. The molecule has 0 bridgehead atoms. The van der Waals surface area contributed by atoms with Crippen LogP contribution in [0, 0.1) is 0 Å². The molecule has 0 rings (SSSR count). The molecule has 8 nitrogen and oxygen atoms in total. The minimum absolute atomic E-state index is 0. The second-order valence-electron chi connectivity index (χ2n) is 1.00. The predicted octanol–water partition coefficient (Wildman–Crippen LogP) is -6.02. The number of hydrogen-bond acceptors (Lipinski definition) is 12. The molecule has 0 aliphatic heterocycles. The summed E-state index contributed by atoms with van der Waals surface area (Å²) < 4.78 is 0. The van der Waals surface area contributed by atoms with Crippen LogP contribution in [0.5, 0.6) is 0 Å². The van der Waals surface area contributed by atoms with E-state index in [2.05, 4.69) is 50.5 Å². The van der Waals surface area contributed by atoms with E-state index in [1.165, 1.54) is 0 Å². The summed E-state index contributed by atoms with van der Waals surface area (Å²) in [6.07, 6.45) is 0. The smallest absolute Gasteiger partial charge is 0.764 e. The zero-order chi connectivity index (χ0) is 14.3. The molecule has 0 saturated carbocycles. The molecule has 0 aliphatic rings. The van der Waals surface area contributed by atoms with Crippen molar-refractivity contribution < 1.29 is 39.6 Å². The molecule has 0 aromatic carbocycles. The van der Waals surface area contributed by atoms with Gasteiger partial charge in [-0.05, 0) is 0 Å². The molecule has 0 N–H and O–H groups in total. The molecular formula is C4Ca4O8S4. The van der Waals surface area contributed by atoms with Gasteiger partial charge in [0, 0.05) is 0 Å². The SMILES string of the molecule is O=C([O-])[S-].O=C([O-])[S-].O=C([O-])[S-].O=C([O-])[S-].[Ca+2].[Ca+2].[Ca+2].[Ca+2]. The number of carbonyl (C=O) groups excluding carboxylic acids is 4. The molecule has 0 amide bonds. The van der Waals surface area contributed by atoms with Gasteiger partial charge in [0.15, 0.2) is 0 Å². The van der Waals surface area contributed by atoms with Crippen LogP contribution in [0.4, 0.5) is 19.2 Å². The van der Waals surface area contributed by atoms with E-state index >= 15 is 0 Å². The second kappa shape index (κ2) is 43.4. The van der Waals surface area contributed by atoms with E-state index in [0.717, 1.165) is 0 Å². The number of rotatable bonds is 0. The Morgan fingerprint density at radius 3 is 0.450 bits per heavy atom. The molecule has 20 heavy (non-hydrogen) atoms. The van der Waals surface area contributed by atoms with Gasteiger partial charge in [-0.2, -0.15) is 0 Å². The molecule has 0 spiro atoms. The van der Waals surface area contributed by atoms with Crippen molar-refractivity contribution >= 4 is 223 Å². The Kier molecular flexibility index (Phi) is 108. The van der Waals surface area contributed by atoms with E-state index in [-0.39, 0.29) is 151 Å². The standard InChI is InChI=1S/4CH2O2S.4Ca/c4*2-1(3)4;;;;/h4*4H,(H,2,3);;;;/q;;;;4*+2/p-8. The van der Waals surface area contributed by atoms with Gasteiger partial charge in [0.2, 0.25) is 0 Å². The zero-order valence-corrected chi connectivity index (χ0v) is 21.8. The predicted molar refractivity (Wildman–Crippen MR) is 74.1 cm³/mol. The molecule has 96 valence electrons. The van der Waals surface area contributed by atoms with Crippen LogP contribution in [-0.2, 0) is 50.5 Å². The fourth-order valence-electron chi connectivity index (χ4n) is 0. The molecule has 0 aromatic rings. The Bertz CT molecular complexity index is 179. The molecule has 0 aliphatic carbocycles. The van der Waals surface area contributed by atoms with E-state index in [4.69, 9.17) is 39.6 Å². The maximum absolute atomic E-state index is 8.70. The van der Waals surface area contributed by atoms with Crippen molar-refractivity contribution in [2.45, 2.75) is 0 Å². The number of hydrogen-bond donors (Lipinski definition) is 0. The molecule has 0 unspecified atom stereocenters. The third-order valence-corrected chi connectivity index (χ3v) is 0. The molecule has 0 atom stereocenters. The van der Waals surface area contributed by atoms with Crippen LogP contribution in [0.2, 0.25) is 0 Å². The third kappa shape index (κ3) is 653. The van der Waals surface area contributed by atoms with Gasteiger partial charge in [-0.3, -0.25) is 0 Å². The van der Waals surface area contributed by atoms with Gasteiger partial charge >= 0.3 is 151 Å². The Hall–Kier alpha value is 3.80. The van der Waals surface area contributed by atoms with Gasteiger partial charge in [0.05, 0.1) is 0 Å². The first-order valence-corrected chi connectivity index (χ1v) is 4.08. The van der Waals surface area contributed by atoms with E-state index in [0.29, 0.717) is 0 Å². The van der Waals surface area contributed by atoms with E-state index in [1.54, 1.807) is 0 Å². The Labute approximate surface area is 256 Å². The van der Waals surface area contributed by atoms with Gasteiger partial charge in [-0.25, -0.2) is 0 Å². The summed E-state index contributed by atoms with van der Waals surface area (Å²) in [5.41, 5.74) is 0. The average molecular weight is 465 g/mol. The summed E-state index contributed by atoms with van der Waals surface area (Å²) in [7, 11) is 0. The Morgan fingerprint density at radius 1 is 0.450 bits per heavy atom. The molecule has 0 saturated heterocycles. The Balaban J connectivity index is -0.0000000150. The van der Waals surface area contributed by atoms with Gasteiger partial charge in [-0.1, -0.05) is 21.2 Å². The van der Waals surface area contributed by atoms with Crippen LogP contribution in [0.25, 0.3) is 0 Å².